The molecule has 0 bridgehead atoms. The molecule has 138 valence electrons. The van der Waals surface area contributed by atoms with Crippen LogP contribution in [-0.4, -0.2) is 25.6 Å². The first-order valence-corrected chi connectivity index (χ1v) is 9.23. The van der Waals surface area contributed by atoms with Crippen LogP contribution in [0.2, 0.25) is 0 Å². The quantitative estimate of drug-likeness (QED) is 0.717. The highest BCUT2D eigenvalue weighted by atomic mass is 16.5. The number of methoxy groups -OCH3 is 1. The summed E-state index contributed by atoms with van der Waals surface area (Å²) < 4.78 is 10.4. The summed E-state index contributed by atoms with van der Waals surface area (Å²) in [4.78, 5) is 24.2. The van der Waals surface area contributed by atoms with E-state index < -0.39 is 0 Å². The molecule has 1 aromatic carbocycles. The van der Waals surface area contributed by atoms with Crippen molar-refractivity contribution >= 4 is 17.6 Å². The summed E-state index contributed by atoms with van der Waals surface area (Å²) in [6.45, 7) is 1.95. The third kappa shape index (κ3) is 6.07. The summed E-state index contributed by atoms with van der Waals surface area (Å²) in [5.74, 6) is 0.668. The fraction of sp³-hybridized carbons (Fsp3) is 0.600. The molecule has 0 saturated heterocycles. The van der Waals surface area contributed by atoms with Crippen LogP contribution in [0.15, 0.2) is 24.3 Å². The number of hydrogen-bond donors (Lipinski definition) is 1. The molecule has 5 nitrogen and oxygen atoms in total. The van der Waals surface area contributed by atoms with Gasteiger partial charge in [-0.2, -0.15) is 0 Å². The molecule has 1 aromatic rings. The van der Waals surface area contributed by atoms with E-state index in [2.05, 4.69) is 12.2 Å². The van der Waals surface area contributed by atoms with Crippen molar-refractivity contribution in [3.8, 4) is 5.75 Å². The zero-order valence-electron chi connectivity index (χ0n) is 15.3. The monoisotopic (exact) mass is 347 g/mol. The summed E-state index contributed by atoms with van der Waals surface area (Å²) in [5, 5.41) is 2.71. The van der Waals surface area contributed by atoms with Crippen LogP contribution in [0.3, 0.4) is 0 Å². The Hall–Kier alpha value is -2.04. The molecule has 0 unspecified atom stereocenters. The van der Waals surface area contributed by atoms with Crippen LogP contribution in [0.25, 0.3) is 0 Å². The van der Waals surface area contributed by atoms with Gasteiger partial charge < -0.3 is 14.8 Å². The zero-order chi connectivity index (χ0) is 18.1. The van der Waals surface area contributed by atoms with Crippen molar-refractivity contribution in [1.29, 1.82) is 0 Å². The fourth-order valence-electron chi connectivity index (χ4n) is 3.37. The Morgan fingerprint density at radius 1 is 1.16 bits per heavy atom. The van der Waals surface area contributed by atoms with Gasteiger partial charge in [-0.05, 0) is 43.7 Å². The van der Waals surface area contributed by atoms with E-state index in [1.54, 1.807) is 25.3 Å². The molecule has 1 aliphatic carbocycles. The number of para-hydroxylation sites is 2. The molecular weight excluding hydrogens is 318 g/mol. The lowest BCUT2D eigenvalue weighted by Crippen LogP contribution is -2.27. The Bertz CT molecular complexity index is 565. The zero-order valence-corrected chi connectivity index (χ0v) is 15.3. The smallest absolute Gasteiger partial charge is 0.309 e. The van der Waals surface area contributed by atoms with Gasteiger partial charge in [0.15, 0.2) is 6.61 Å². The maximum atomic E-state index is 12.2. The second-order valence-corrected chi connectivity index (χ2v) is 6.72. The Balaban J connectivity index is 1.72. The SMILES string of the molecule is CCCCC1CCC(C(=O)OCC(=O)Nc2ccccc2OC)CC1. The number of anilines is 1. The highest BCUT2D eigenvalue weighted by Gasteiger charge is 2.27. The topological polar surface area (TPSA) is 64.6 Å². The molecule has 0 atom stereocenters. The Kier molecular flexibility index (Phi) is 7.76. The minimum absolute atomic E-state index is 0.0584. The van der Waals surface area contributed by atoms with Crippen molar-refractivity contribution in [2.75, 3.05) is 19.0 Å². The fourth-order valence-corrected chi connectivity index (χ4v) is 3.37. The molecule has 2 rings (SSSR count). The minimum Gasteiger partial charge on any atom is -0.495 e. The first-order valence-electron chi connectivity index (χ1n) is 9.23. The van der Waals surface area contributed by atoms with Gasteiger partial charge in [0.1, 0.15) is 5.75 Å². The van der Waals surface area contributed by atoms with E-state index >= 15 is 0 Å². The van der Waals surface area contributed by atoms with Gasteiger partial charge in [-0.3, -0.25) is 9.59 Å². The van der Waals surface area contributed by atoms with Gasteiger partial charge in [0, 0.05) is 0 Å². The lowest BCUT2D eigenvalue weighted by molar-refractivity contribution is -0.152. The molecule has 1 amide bonds. The van der Waals surface area contributed by atoms with Crippen LogP contribution in [0.1, 0.15) is 51.9 Å². The van der Waals surface area contributed by atoms with Gasteiger partial charge in [-0.15, -0.1) is 0 Å². The summed E-state index contributed by atoms with van der Waals surface area (Å²) >= 11 is 0. The van der Waals surface area contributed by atoms with Crippen LogP contribution in [0.5, 0.6) is 5.75 Å². The van der Waals surface area contributed by atoms with E-state index in [1.807, 2.05) is 6.07 Å². The van der Waals surface area contributed by atoms with Crippen molar-refractivity contribution in [1.82, 2.24) is 0 Å². The number of amides is 1. The predicted octanol–water partition coefficient (Wildman–Crippen LogP) is 4.17. The number of nitrogens with one attached hydrogen (secondary N) is 1. The molecule has 1 N–H and O–H groups in total. The summed E-state index contributed by atoms with van der Waals surface area (Å²) in [5.41, 5.74) is 0.572. The third-order valence-electron chi connectivity index (χ3n) is 4.87. The number of carbonyl (C=O) groups is 2. The maximum absolute atomic E-state index is 12.2. The van der Waals surface area contributed by atoms with Crippen molar-refractivity contribution in [3.63, 3.8) is 0 Å². The molecule has 1 fully saturated rings. The second kappa shape index (κ2) is 10.1. The van der Waals surface area contributed by atoms with Crippen LogP contribution >= 0.6 is 0 Å². The van der Waals surface area contributed by atoms with E-state index in [0.29, 0.717) is 11.4 Å². The Morgan fingerprint density at radius 3 is 2.56 bits per heavy atom. The van der Waals surface area contributed by atoms with Gasteiger partial charge in [-0.1, -0.05) is 38.3 Å². The summed E-state index contributed by atoms with van der Waals surface area (Å²) in [7, 11) is 1.54. The number of carbonyl (C=O) groups excluding carboxylic acids is 2. The van der Waals surface area contributed by atoms with E-state index in [1.165, 1.54) is 19.3 Å². The van der Waals surface area contributed by atoms with Crippen molar-refractivity contribution < 1.29 is 19.1 Å². The van der Waals surface area contributed by atoms with Gasteiger partial charge in [0.05, 0.1) is 18.7 Å². The molecule has 1 saturated carbocycles. The summed E-state index contributed by atoms with van der Waals surface area (Å²) in [6.07, 6.45) is 7.69. The predicted molar refractivity (Wildman–Crippen MR) is 97.6 cm³/mol. The molecule has 0 aromatic heterocycles. The van der Waals surface area contributed by atoms with E-state index in [4.69, 9.17) is 9.47 Å². The van der Waals surface area contributed by atoms with Crippen molar-refractivity contribution in [2.45, 2.75) is 51.9 Å². The average Bonchev–Trinajstić information content (AvgIpc) is 2.65. The van der Waals surface area contributed by atoms with Crippen molar-refractivity contribution in [2.24, 2.45) is 11.8 Å². The van der Waals surface area contributed by atoms with E-state index in [9.17, 15) is 9.59 Å². The van der Waals surface area contributed by atoms with E-state index in [0.717, 1.165) is 31.6 Å². The highest BCUT2D eigenvalue weighted by Crippen LogP contribution is 2.32. The van der Waals surface area contributed by atoms with Crippen LogP contribution in [0.4, 0.5) is 5.69 Å². The Labute approximate surface area is 150 Å². The molecular formula is C20H29NO4. The number of benzene rings is 1. The van der Waals surface area contributed by atoms with Crippen LogP contribution < -0.4 is 10.1 Å². The molecule has 0 spiro atoms. The molecule has 25 heavy (non-hydrogen) atoms. The molecule has 0 aliphatic heterocycles. The minimum atomic E-state index is -0.352. The largest absolute Gasteiger partial charge is 0.495 e. The number of unbranched alkanes of at least 4 members (excludes halogenated alkanes) is 1. The second-order valence-electron chi connectivity index (χ2n) is 6.72. The average molecular weight is 347 g/mol. The van der Waals surface area contributed by atoms with Crippen LogP contribution in [0, 0.1) is 11.8 Å². The number of esters is 1. The standard InChI is InChI=1S/C20H29NO4/c1-3-4-7-15-10-12-16(13-11-15)20(23)25-14-19(22)21-17-8-5-6-9-18(17)24-2/h5-6,8-9,15-16H,3-4,7,10-14H2,1-2H3,(H,21,22). The van der Waals surface area contributed by atoms with Gasteiger partial charge in [0.25, 0.3) is 5.91 Å². The van der Waals surface area contributed by atoms with Gasteiger partial charge >= 0.3 is 5.97 Å². The normalized spacial score (nSPS) is 19.9. The molecule has 5 heteroatoms. The number of ether oxygens (including phenoxy) is 2. The molecule has 0 heterocycles. The molecule has 0 radical (unpaired) electrons. The number of hydrogen-bond acceptors (Lipinski definition) is 4. The maximum Gasteiger partial charge on any atom is 0.309 e. The highest BCUT2D eigenvalue weighted by molar-refractivity contribution is 5.94. The van der Waals surface area contributed by atoms with Gasteiger partial charge in [-0.25, -0.2) is 0 Å². The van der Waals surface area contributed by atoms with E-state index in [-0.39, 0.29) is 24.4 Å². The lowest BCUT2D eigenvalue weighted by atomic mass is 9.80. The lowest BCUT2D eigenvalue weighted by Gasteiger charge is -2.27. The first kappa shape index (κ1) is 19.3. The number of rotatable bonds is 8. The Morgan fingerprint density at radius 2 is 1.88 bits per heavy atom. The molecule has 1 aliphatic rings. The van der Waals surface area contributed by atoms with Gasteiger partial charge in [0.2, 0.25) is 0 Å². The third-order valence-corrected chi connectivity index (χ3v) is 4.87. The first-order chi connectivity index (χ1) is 12.1. The van der Waals surface area contributed by atoms with Crippen LogP contribution in [-0.2, 0) is 14.3 Å². The van der Waals surface area contributed by atoms with Crippen molar-refractivity contribution in [3.05, 3.63) is 24.3 Å². The summed E-state index contributed by atoms with van der Waals surface area (Å²) in [6, 6.07) is 7.14.